The van der Waals surface area contributed by atoms with E-state index < -0.39 is 0 Å². The van der Waals surface area contributed by atoms with Crippen LogP contribution in [0.25, 0.3) is 0 Å². The lowest BCUT2D eigenvalue weighted by Gasteiger charge is -2.27. The van der Waals surface area contributed by atoms with E-state index >= 15 is 0 Å². The van der Waals surface area contributed by atoms with Crippen molar-refractivity contribution < 1.29 is 14.3 Å². The molecule has 0 bridgehead atoms. The third kappa shape index (κ3) is 2.34. The van der Waals surface area contributed by atoms with Gasteiger partial charge in [-0.2, -0.15) is 0 Å². The van der Waals surface area contributed by atoms with Gasteiger partial charge >= 0.3 is 0 Å². The van der Waals surface area contributed by atoms with Gasteiger partial charge < -0.3 is 19.7 Å². The summed E-state index contributed by atoms with van der Waals surface area (Å²) in [6, 6.07) is 5.84. The van der Waals surface area contributed by atoms with Crippen LogP contribution in [0.5, 0.6) is 11.5 Å². The number of methoxy groups -OCH3 is 2. The Bertz CT molecular complexity index is 448. The van der Waals surface area contributed by atoms with Crippen LogP contribution in [-0.2, 0) is 4.79 Å². The molecule has 1 saturated heterocycles. The summed E-state index contributed by atoms with van der Waals surface area (Å²) < 4.78 is 10.5. The van der Waals surface area contributed by atoms with Crippen molar-refractivity contribution in [2.45, 2.75) is 12.5 Å². The summed E-state index contributed by atoms with van der Waals surface area (Å²) in [6.07, 6.45) is 0.520. The van der Waals surface area contributed by atoms with E-state index in [-0.39, 0.29) is 11.9 Å². The molecule has 1 N–H and O–H groups in total. The molecular weight excluding hydrogens is 232 g/mol. The molecule has 0 aliphatic carbocycles. The normalized spacial score (nSPS) is 18.4. The average molecular weight is 250 g/mol. The molecule has 0 aromatic heterocycles. The summed E-state index contributed by atoms with van der Waals surface area (Å²) in [7, 11) is 5.22. The van der Waals surface area contributed by atoms with Gasteiger partial charge in [-0.25, -0.2) is 0 Å². The fourth-order valence-corrected chi connectivity index (χ4v) is 2.14. The maximum absolute atomic E-state index is 11.3. The molecule has 1 atom stereocenters. The first-order valence-electron chi connectivity index (χ1n) is 5.87. The van der Waals surface area contributed by atoms with E-state index in [1.165, 1.54) is 0 Å². The lowest BCUT2D eigenvalue weighted by atomic mass is 10.2. The summed E-state index contributed by atoms with van der Waals surface area (Å²) in [6.45, 7) is 0.671. The number of ether oxygens (including phenoxy) is 2. The molecule has 1 fully saturated rings. The maximum Gasteiger partial charge on any atom is 0.222 e. The number of benzene rings is 1. The molecule has 18 heavy (non-hydrogen) atoms. The van der Waals surface area contributed by atoms with Gasteiger partial charge in [0.2, 0.25) is 5.91 Å². The third-order valence-corrected chi connectivity index (χ3v) is 3.27. The molecule has 0 saturated carbocycles. The second kappa shape index (κ2) is 5.16. The number of nitrogens with one attached hydrogen (secondary N) is 1. The minimum absolute atomic E-state index is 0.0966. The largest absolute Gasteiger partial charge is 0.497 e. The summed E-state index contributed by atoms with van der Waals surface area (Å²) in [5, 5.41) is 2.83. The molecule has 0 radical (unpaired) electrons. The molecule has 1 amide bonds. The summed E-state index contributed by atoms with van der Waals surface area (Å²) >= 11 is 0. The Morgan fingerprint density at radius 3 is 2.67 bits per heavy atom. The summed E-state index contributed by atoms with van der Waals surface area (Å²) in [4.78, 5) is 13.3. The minimum Gasteiger partial charge on any atom is -0.497 e. The van der Waals surface area contributed by atoms with Gasteiger partial charge in [-0.15, -0.1) is 0 Å². The molecule has 0 spiro atoms. The minimum atomic E-state index is 0.0966. The molecule has 5 nitrogen and oxygen atoms in total. The number of anilines is 1. The number of hydrogen-bond acceptors (Lipinski definition) is 4. The van der Waals surface area contributed by atoms with Gasteiger partial charge in [0, 0.05) is 26.1 Å². The van der Waals surface area contributed by atoms with Crippen LogP contribution in [-0.4, -0.2) is 39.8 Å². The molecular formula is C13H18N2O3. The van der Waals surface area contributed by atoms with Gasteiger partial charge in [-0.05, 0) is 12.1 Å². The fourth-order valence-electron chi connectivity index (χ4n) is 2.14. The Morgan fingerprint density at radius 2 is 2.11 bits per heavy atom. The lowest BCUT2D eigenvalue weighted by molar-refractivity contribution is -0.119. The number of nitrogens with zero attached hydrogens (tertiary/aromatic N) is 1. The first-order valence-corrected chi connectivity index (χ1v) is 5.87. The van der Waals surface area contributed by atoms with Gasteiger partial charge in [0.1, 0.15) is 11.5 Å². The van der Waals surface area contributed by atoms with Gasteiger partial charge in [-0.3, -0.25) is 4.79 Å². The number of rotatable bonds is 4. The molecule has 5 heteroatoms. The molecule has 98 valence electrons. The molecule has 1 unspecified atom stereocenters. The Labute approximate surface area is 107 Å². The van der Waals surface area contributed by atoms with E-state index in [2.05, 4.69) is 10.2 Å². The van der Waals surface area contributed by atoms with E-state index in [1.54, 1.807) is 14.2 Å². The number of hydrogen-bond donors (Lipinski definition) is 1. The Hall–Kier alpha value is -1.91. The molecule has 1 aliphatic rings. The number of amides is 1. The van der Waals surface area contributed by atoms with Crippen LogP contribution in [0.15, 0.2) is 18.2 Å². The van der Waals surface area contributed by atoms with Crippen LogP contribution in [0.4, 0.5) is 5.69 Å². The second-order valence-electron chi connectivity index (χ2n) is 4.31. The molecule has 1 heterocycles. The van der Waals surface area contributed by atoms with Gasteiger partial charge in [0.25, 0.3) is 0 Å². The van der Waals surface area contributed by atoms with Crippen LogP contribution in [0, 0.1) is 0 Å². The predicted octanol–water partition coefficient (Wildman–Crippen LogP) is 1.03. The summed E-state index contributed by atoms with van der Waals surface area (Å²) in [5.74, 6) is 1.60. The third-order valence-electron chi connectivity index (χ3n) is 3.27. The van der Waals surface area contributed by atoms with E-state index in [4.69, 9.17) is 9.47 Å². The van der Waals surface area contributed by atoms with Crippen molar-refractivity contribution >= 4 is 11.6 Å². The zero-order valence-electron chi connectivity index (χ0n) is 10.9. The summed E-state index contributed by atoms with van der Waals surface area (Å²) in [5.41, 5.74) is 0.958. The van der Waals surface area contributed by atoms with Crippen LogP contribution in [0.1, 0.15) is 6.42 Å². The van der Waals surface area contributed by atoms with E-state index in [9.17, 15) is 4.79 Å². The molecule has 1 aliphatic heterocycles. The standard InChI is InChI=1S/C13H18N2O3/c1-15(9-6-13(16)14-8-9)11-5-4-10(17-2)7-12(11)18-3/h4-5,7,9H,6,8H2,1-3H3,(H,14,16). The van der Waals surface area contributed by atoms with Crippen molar-refractivity contribution in [1.29, 1.82) is 0 Å². The van der Waals surface area contributed by atoms with Crippen LogP contribution in [0.3, 0.4) is 0 Å². The number of carbonyl (C=O) groups excluding carboxylic acids is 1. The zero-order chi connectivity index (χ0) is 13.1. The molecule has 1 aromatic carbocycles. The van der Waals surface area contributed by atoms with Crippen molar-refractivity contribution in [1.82, 2.24) is 5.32 Å². The van der Waals surface area contributed by atoms with Crippen LogP contribution >= 0.6 is 0 Å². The lowest BCUT2D eigenvalue weighted by Crippen LogP contribution is -2.33. The highest BCUT2D eigenvalue weighted by Crippen LogP contribution is 2.33. The first-order chi connectivity index (χ1) is 8.65. The van der Waals surface area contributed by atoms with E-state index in [0.29, 0.717) is 13.0 Å². The van der Waals surface area contributed by atoms with Crippen molar-refractivity contribution in [3.8, 4) is 11.5 Å². The monoisotopic (exact) mass is 250 g/mol. The first kappa shape index (κ1) is 12.5. The smallest absolute Gasteiger partial charge is 0.222 e. The Morgan fingerprint density at radius 1 is 1.33 bits per heavy atom. The number of carbonyl (C=O) groups is 1. The van der Waals surface area contributed by atoms with Gasteiger partial charge in [0.15, 0.2) is 0 Å². The number of likely N-dealkylation sites (N-methyl/N-ethyl adjacent to an activating group) is 1. The van der Waals surface area contributed by atoms with Gasteiger partial charge in [0.05, 0.1) is 25.9 Å². The van der Waals surface area contributed by atoms with Crippen molar-refractivity contribution in [3.05, 3.63) is 18.2 Å². The maximum atomic E-state index is 11.3. The van der Waals surface area contributed by atoms with Crippen LogP contribution in [0.2, 0.25) is 0 Å². The quantitative estimate of drug-likeness (QED) is 0.867. The molecule has 2 rings (SSSR count). The fraction of sp³-hybridized carbons (Fsp3) is 0.462. The highest BCUT2D eigenvalue weighted by molar-refractivity contribution is 5.80. The van der Waals surface area contributed by atoms with Crippen LogP contribution < -0.4 is 19.7 Å². The average Bonchev–Trinajstić information content (AvgIpc) is 2.83. The SMILES string of the molecule is COc1ccc(N(C)C2CNC(=O)C2)c(OC)c1. The second-order valence-corrected chi connectivity index (χ2v) is 4.31. The Balaban J connectivity index is 2.23. The van der Waals surface area contributed by atoms with Gasteiger partial charge in [-0.1, -0.05) is 0 Å². The zero-order valence-corrected chi connectivity index (χ0v) is 10.9. The van der Waals surface area contributed by atoms with Crippen molar-refractivity contribution in [3.63, 3.8) is 0 Å². The topological polar surface area (TPSA) is 50.8 Å². The predicted molar refractivity (Wildman–Crippen MR) is 69.4 cm³/mol. The highest BCUT2D eigenvalue weighted by Gasteiger charge is 2.26. The van der Waals surface area contributed by atoms with Crippen molar-refractivity contribution in [2.75, 3.05) is 32.7 Å². The molecule has 1 aromatic rings. The van der Waals surface area contributed by atoms with Crippen molar-refractivity contribution in [2.24, 2.45) is 0 Å². The highest BCUT2D eigenvalue weighted by atomic mass is 16.5. The van der Waals surface area contributed by atoms with E-state index in [1.807, 2.05) is 25.2 Å². The Kier molecular flexibility index (Phi) is 3.60. The van der Waals surface area contributed by atoms with E-state index in [0.717, 1.165) is 17.2 Å².